The molecule has 1 heterocycles. The Morgan fingerprint density at radius 3 is 2.13 bits per heavy atom. The molecule has 0 saturated carbocycles. The van der Waals surface area contributed by atoms with Gasteiger partial charge in [-0.25, -0.2) is 17.2 Å². The Labute approximate surface area is 186 Å². The summed E-state index contributed by atoms with van der Waals surface area (Å²) in [7, 11) is -4.11. The van der Waals surface area contributed by atoms with Crippen LogP contribution in [0.2, 0.25) is 0 Å². The molecule has 2 aromatic rings. The number of hydrogen-bond acceptors (Lipinski definition) is 3. The van der Waals surface area contributed by atoms with Gasteiger partial charge < -0.3 is 4.90 Å². The van der Waals surface area contributed by atoms with Gasteiger partial charge in [-0.2, -0.15) is 0 Å². The third-order valence-corrected chi connectivity index (χ3v) is 7.43. The zero-order valence-corrected chi connectivity index (χ0v) is 19.9. The maximum Gasteiger partial charge on any atom is 0.209 e. The Balaban J connectivity index is 0.000000785. The molecule has 0 unspecified atom stereocenters. The van der Waals surface area contributed by atoms with Crippen LogP contribution in [-0.2, 0) is 16.3 Å². The van der Waals surface area contributed by atoms with Gasteiger partial charge in [0.05, 0.1) is 4.90 Å². The maximum absolute atomic E-state index is 14.0. The predicted molar refractivity (Wildman–Crippen MR) is 123 cm³/mol. The Morgan fingerprint density at radius 1 is 0.903 bits per heavy atom. The molecule has 2 aromatic carbocycles. The van der Waals surface area contributed by atoms with E-state index in [1.54, 1.807) is 6.07 Å². The van der Waals surface area contributed by atoms with E-state index in [4.69, 9.17) is 0 Å². The van der Waals surface area contributed by atoms with Crippen LogP contribution in [0.3, 0.4) is 0 Å². The number of anilines is 1. The van der Waals surface area contributed by atoms with E-state index < -0.39 is 26.4 Å². The molecule has 0 atom stereocenters. The lowest BCUT2D eigenvalue weighted by Crippen LogP contribution is -2.33. The molecule has 0 aromatic heterocycles. The van der Waals surface area contributed by atoms with Crippen molar-refractivity contribution >= 4 is 15.5 Å². The van der Waals surface area contributed by atoms with Crippen LogP contribution in [0.25, 0.3) is 0 Å². The zero-order valence-electron chi connectivity index (χ0n) is 19.1. The molecule has 0 spiro atoms. The summed E-state index contributed by atoms with van der Waals surface area (Å²) in [5.74, 6) is -1.71. The molecule has 31 heavy (non-hydrogen) atoms. The second kappa shape index (κ2) is 11.6. The average molecular weight is 452 g/mol. The summed E-state index contributed by atoms with van der Waals surface area (Å²) in [5.41, 5.74) is 2.01. The minimum atomic E-state index is -4.11. The summed E-state index contributed by atoms with van der Waals surface area (Å²) in [6, 6.07) is 7.88. The van der Waals surface area contributed by atoms with Crippen molar-refractivity contribution in [1.29, 1.82) is 0 Å². The molecule has 1 aliphatic rings. The van der Waals surface area contributed by atoms with Gasteiger partial charge in [0.1, 0.15) is 16.5 Å². The molecule has 3 rings (SSSR count). The van der Waals surface area contributed by atoms with Crippen LogP contribution in [0.4, 0.5) is 14.5 Å². The van der Waals surface area contributed by atoms with E-state index in [9.17, 15) is 17.2 Å². The predicted octanol–water partition coefficient (Wildman–Crippen LogP) is 6.94. The molecule has 0 radical (unpaired) electrons. The molecule has 6 heteroatoms. The number of halogens is 2. The van der Waals surface area contributed by atoms with E-state index >= 15 is 0 Å². The largest absolute Gasteiger partial charge is 0.368 e. The SMILES string of the molecule is CCCC.CCCC(CCC)N1CCc2cc(S(=O)(=O)c3cc(F)ccc3F)ccc21. The maximum atomic E-state index is 14.0. The normalized spacial score (nSPS) is 13.2. The summed E-state index contributed by atoms with van der Waals surface area (Å²) >= 11 is 0. The topological polar surface area (TPSA) is 37.4 Å². The first kappa shape index (κ1) is 25.3. The Morgan fingerprint density at radius 2 is 1.55 bits per heavy atom. The van der Waals surface area contributed by atoms with Gasteiger partial charge in [-0.3, -0.25) is 0 Å². The van der Waals surface area contributed by atoms with Gasteiger partial charge in [0.2, 0.25) is 9.84 Å². The van der Waals surface area contributed by atoms with Crippen LogP contribution >= 0.6 is 0 Å². The van der Waals surface area contributed by atoms with E-state index in [-0.39, 0.29) is 4.90 Å². The monoisotopic (exact) mass is 451 g/mol. The highest BCUT2D eigenvalue weighted by Gasteiger charge is 2.28. The van der Waals surface area contributed by atoms with Crippen molar-refractivity contribution in [1.82, 2.24) is 0 Å². The second-order valence-corrected chi connectivity index (χ2v) is 9.96. The fourth-order valence-corrected chi connectivity index (χ4v) is 5.27. The number of sulfone groups is 1. The highest BCUT2D eigenvalue weighted by molar-refractivity contribution is 7.91. The molecule has 1 aliphatic heterocycles. The molecule has 0 fully saturated rings. The molecular weight excluding hydrogens is 416 g/mol. The van der Waals surface area contributed by atoms with E-state index in [1.165, 1.54) is 18.9 Å². The highest BCUT2D eigenvalue weighted by Crippen LogP contribution is 2.35. The fraction of sp³-hybridized carbons (Fsp3) is 0.520. The minimum absolute atomic E-state index is 0.00938. The molecule has 0 bridgehead atoms. The van der Waals surface area contributed by atoms with Crippen molar-refractivity contribution < 1.29 is 17.2 Å². The van der Waals surface area contributed by atoms with Crippen LogP contribution in [0.5, 0.6) is 0 Å². The molecule has 3 nitrogen and oxygen atoms in total. The minimum Gasteiger partial charge on any atom is -0.368 e. The lowest BCUT2D eigenvalue weighted by Gasteiger charge is -2.30. The quantitative estimate of drug-likeness (QED) is 0.436. The molecule has 172 valence electrons. The van der Waals surface area contributed by atoms with Crippen LogP contribution in [0.15, 0.2) is 46.2 Å². The molecule has 0 saturated heterocycles. The second-order valence-electron chi connectivity index (χ2n) is 8.04. The van der Waals surface area contributed by atoms with E-state index in [1.807, 2.05) is 6.07 Å². The average Bonchev–Trinajstić information content (AvgIpc) is 3.18. The Hall–Kier alpha value is -1.95. The fourth-order valence-electron chi connectivity index (χ4n) is 3.88. The lowest BCUT2D eigenvalue weighted by atomic mass is 10.0. The smallest absolute Gasteiger partial charge is 0.209 e. The summed E-state index contributed by atoms with van der Waals surface area (Å²) < 4.78 is 53.1. The van der Waals surface area contributed by atoms with Gasteiger partial charge in [0.15, 0.2) is 0 Å². The number of unbranched alkanes of at least 4 members (excludes halogenated alkanes) is 1. The van der Waals surface area contributed by atoms with Gasteiger partial charge in [-0.1, -0.05) is 53.4 Å². The van der Waals surface area contributed by atoms with Crippen molar-refractivity contribution in [3.8, 4) is 0 Å². The highest BCUT2D eigenvalue weighted by atomic mass is 32.2. The first-order chi connectivity index (χ1) is 14.8. The van der Waals surface area contributed by atoms with Gasteiger partial charge >= 0.3 is 0 Å². The number of rotatable bonds is 8. The van der Waals surface area contributed by atoms with Crippen molar-refractivity contribution in [2.45, 2.75) is 88.5 Å². The van der Waals surface area contributed by atoms with Crippen molar-refractivity contribution in [3.63, 3.8) is 0 Å². The van der Waals surface area contributed by atoms with Crippen molar-refractivity contribution in [2.75, 3.05) is 11.4 Å². The summed E-state index contributed by atoms with van der Waals surface area (Å²) in [6.45, 7) is 9.56. The third-order valence-electron chi connectivity index (χ3n) is 5.66. The molecule has 0 N–H and O–H groups in total. The van der Waals surface area contributed by atoms with Gasteiger partial charge in [-0.15, -0.1) is 0 Å². The standard InChI is InChI=1S/C21H25F2NO2S.C4H10/c1-3-5-17(6-4-2)24-12-11-15-13-18(8-10-20(15)24)27(25,26)21-14-16(22)7-9-19(21)23;1-3-4-2/h7-10,13-14,17H,3-6,11-12H2,1-2H3;3-4H2,1-2H3. The van der Waals surface area contributed by atoms with E-state index in [0.29, 0.717) is 6.04 Å². The summed E-state index contributed by atoms with van der Waals surface area (Å²) in [4.78, 5) is 1.75. The van der Waals surface area contributed by atoms with Gasteiger partial charge in [-0.05, 0) is 61.2 Å². The lowest BCUT2D eigenvalue weighted by molar-refractivity contribution is 0.514. The van der Waals surface area contributed by atoms with Crippen LogP contribution < -0.4 is 4.90 Å². The zero-order chi connectivity index (χ0) is 23.0. The van der Waals surface area contributed by atoms with E-state index in [2.05, 4.69) is 32.6 Å². The number of benzene rings is 2. The first-order valence-corrected chi connectivity index (χ1v) is 12.9. The van der Waals surface area contributed by atoms with Crippen molar-refractivity contribution in [2.24, 2.45) is 0 Å². The van der Waals surface area contributed by atoms with Crippen LogP contribution in [-0.4, -0.2) is 21.0 Å². The van der Waals surface area contributed by atoms with E-state index in [0.717, 1.165) is 68.1 Å². The molecule has 0 amide bonds. The van der Waals surface area contributed by atoms with Gasteiger partial charge in [0, 0.05) is 18.3 Å². The Bertz CT molecular complexity index is 952. The van der Waals surface area contributed by atoms with Crippen LogP contribution in [0, 0.1) is 11.6 Å². The van der Waals surface area contributed by atoms with Gasteiger partial charge in [0.25, 0.3) is 0 Å². The third kappa shape index (κ3) is 6.06. The number of hydrogen-bond donors (Lipinski definition) is 0. The summed E-state index contributed by atoms with van der Waals surface area (Å²) in [6.07, 6.45) is 7.79. The Kier molecular flexibility index (Phi) is 9.48. The number of fused-ring (bicyclic) bond motifs is 1. The summed E-state index contributed by atoms with van der Waals surface area (Å²) in [5, 5.41) is 0. The molecular formula is C25H35F2NO2S. The number of nitrogens with zero attached hydrogens (tertiary/aromatic N) is 1. The first-order valence-electron chi connectivity index (χ1n) is 11.4. The van der Waals surface area contributed by atoms with Crippen LogP contribution in [0.1, 0.15) is 71.8 Å². The van der Waals surface area contributed by atoms with Crippen molar-refractivity contribution in [3.05, 3.63) is 53.6 Å². The molecule has 0 aliphatic carbocycles.